The minimum atomic E-state index is -4.60. The van der Waals surface area contributed by atoms with E-state index in [0.29, 0.717) is 97.8 Å². The highest BCUT2D eigenvalue weighted by Crippen LogP contribution is 2.29. The van der Waals surface area contributed by atoms with E-state index in [-0.39, 0.29) is 54.0 Å². The van der Waals surface area contributed by atoms with E-state index in [4.69, 9.17) is 40.9 Å². The predicted molar refractivity (Wildman–Crippen MR) is 223 cm³/mol. The summed E-state index contributed by atoms with van der Waals surface area (Å²) in [4.78, 5) is 73.1. The third-order valence-corrected chi connectivity index (χ3v) is 8.75. The molecule has 2 aromatic rings. The topological polar surface area (TPSA) is 295 Å². The molecule has 11 N–H and O–H groups in total. The summed E-state index contributed by atoms with van der Waals surface area (Å²) in [5, 5.41) is 20.1. The molecule has 2 atom stereocenters. The Morgan fingerprint density at radius 2 is 1.19 bits per heavy atom. The Bertz CT molecular complexity index is 1720. The average Bonchev–Trinajstić information content (AvgIpc) is 3.23. The Balaban J connectivity index is 1.68. The molecule has 0 aliphatic heterocycles. The van der Waals surface area contributed by atoms with Crippen LogP contribution in [0.3, 0.4) is 0 Å². The van der Waals surface area contributed by atoms with Gasteiger partial charge >= 0.3 is 12.1 Å². The lowest BCUT2D eigenvalue weighted by atomic mass is 10.1. The number of aliphatic carboxylic acids is 1. The van der Waals surface area contributed by atoms with Crippen molar-refractivity contribution < 1.29 is 70.7 Å². The third-order valence-electron chi connectivity index (χ3n) is 8.75. The SMILES string of the molecule is NCCOCCOCCOCCOCC(=O)NCCCCCC(=O)NCCCCCC(=O)Nc1cc(CO[C@H](C(N)=O)[C@H](N)C(=O)O)cc(NC(=O)c2ccc(C(F)(F)F)cc2)c1. The standard InChI is InChI=1S/C41H60F3N7O12/c42-41(43,44)30-11-9-29(10-12-30)39(56)51-32-24-28(26-63-37(38(47)55)36(46)40(57)58)23-31(25-32)50-34(53)8-4-2-5-14-48-33(52)7-3-1-6-15-49-35(54)27-62-22-21-61-20-19-60-18-17-59-16-13-45/h9-12,23-25,36-37H,1-8,13-22,26-27,45-46H2,(H2,47,55)(H,48,52)(H,49,54)(H,50,53)(H,51,56)(H,57,58)/t36-,37-/m0/s1. The molecule has 2 rings (SSSR count). The van der Waals surface area contributed by atoms with Gasteiger partial charge in [-0.15, -0.1) is 0 Å². The third kappa shape index (κ3) is 24.3. The van der Waals surface area contributed by atoms with Crippen LogP contribution in [0.2, 0.25) is 0 Å². The van der Waals surface area contributed by atoms with Crippen molar-refractivity contribution in [2.45, 2.75) is 76.3 Å². The van der Waals surface area contributed by atoms with Crippen LogP contribution in [-0.4, -0.2) is 125 Å². The first-order valence-electron chi connectivity index (χ1n) is 20.5. The fraction of sp³-hybridized carbons (Fsp3) is 0.561. The molecule has 0 aliphatic carbocycles. The monoisotopic (exact) mass is 899 g/mol. The van der Waals surface area contributed by atoms with Crippen molar-refractivity contribution >= 4 is 46.9 Å². The number of anilines is 2. The Labute approximate surface area is 363 Å². The summed E-state index contributed by atoms with van der Waals surface area (Å²) in [5.41, 5.74) is 15.6. The number of alkyl halides is 3. The average molecular weight is 900 g/mol. The molecule has 0 aliphatic rings. The number of hydrogen-bond donors (Lipinski definition) is 8. The molecule has 5 amide bonds. The summed E-state index contributed by atoms with van der Waals surface area (Å²) in [6, 6.07) is 5.95. The molecule has 0 heterocycles. The maximum absolute atomic E-state index is 13.0. The summed E-state index contributed by atoms with van der Waals surface area (Å²) in [5.74, 6) is -4.18. The van der Waals surface area contributed by atoms with E-state index in [1.165, 1.54) is 18.2 Å². The van der Waals surface area contributed by atoms with Crippen LogP contribution in [0.15, 0.2) is 42.5 Å². The van der Waals surface area contributed by atoms with Gasteiger partial charge in [-0.25, -0.2) is 0 Å². The molecule has 19 nitrogen and oxygen atoms in total. The van der Waals surface area contributed by atoms with Gasteiger partial charge in [-0.3, -0.25) is 28.8 Å². The summed E-state index contributed by atoms with van der Waals surface area (Å²) < 4.78 is 65.6. The molecule has 22 heteroatoms. The Hall–Kier alpha value is -5.23. The molecule has 0 radical (unpaired) electrons. The number of primary amides is 1. The Morgan fingerprint density at radius 1 is 0.667 bits per heavy atom. The number of rotatable bonds is 34. The zero-order chi connectivity index (χ0) is 46.5. The second kappa shape index (κ2) is 30.8. The van der Waals surface area contributed by atoms with Crippen molar-refractivity contribution in [2.24, 2.45) is 17.2 Å². The molecule has 0 bridgehead atoms. The van der Waals surface area contributed by atoms with Gasteiger partial charge in [-0.05, 0) is 73.7 Å². The van der Waals surface area contributed by atoms with E-state index in [1.807, 2.05) is 0 Å². The molecule has 0 saturated carbocycles. The number of ether oxygens (including phenoxy) is 5. The molecule has 0 spiro atoms. The number of carbonyl (C=O) groups excluding carboxylic acids is 5. The van der Waals surface area contributed by atoms with Crippen molar-refractivity contribution in [3.63, 3.8) is 0 Å². The van der Waals surface area contributed by atoms with Gasteiger partial charge in [0.05, 0.1) is 58.4 Å². The predicted octanol–water partition coefficient (Wildman–Crippen LogP) is 2.06. The first kappa shape index (κ1) is 53.9. The summed E-state index contributed by atoms with van der Waals surface area (Å²) in [6.07, 6.45) is -2.09. The van der Waals surface area contributed by atoms with Crippen molar-refractivity contribution in [3.8, 4) is 0 Å². The smallest absolute Gasteiger partial charge is 0.416 e. The Morgan fingerprint density at radius 3 is 1.73 bits per heavy atom. The van der Waals surface area contributed by atoms with Crippen LogP contribution in [0, 0.1) is 0 Å². The van der Waals surface area contributed by atoms with Crippen LogP contribution in [0.1, 0.15) is 72.9 Å². The molecule has 0 fully saturated rings. The zero-order valence-electron chi connectivity index (χ0n) is 35.1. The van der Waals surface area contributed by atoms with Crippen LogP contribution >= 0.6 is 0 Å². The van der Waals surface area contributed by atoms with Crippen molar-refractivity contribution in [1.29, 1.82) is 0 Å². The van der Waals surface area contributed by atoms with Gasteiger partial charge in [0.1, 0.15) is 12.6 Å². The number of carboxylic acid groups (broad SMARTS) is 1. The largest absolute Gasteiger partial charge is 0.480 e. The van der Waals surface area contributed by atoms with Crippen molar-refractivity contribution in [3.05, 3.63) is 59.2 Å². The van der Waals surface area contributed by atoms with Crippen LogP contribution in [0.25, 0.3) is 0 Å². The van der Waals surface area contributed by atoms with E-state index in [9.17, 15) is 47.0 Å². The van der Waals surface area contributed by atoms with Gasteiger partial charge in [0.2, 0.25) is 23.6 Å². The molecule has 63 heavy (non-hydrogen) atoms. The van der Waals surface area contributed by atoms with E-state index in [0.717, 1.165) is 30.7 Å². The van der Waals surface area contributed by atoms with Crippen LogP contribution in [0.5, 0.6) is 0 Å². The second-order valence-electron chi connectivity index (χ2n) is 14.0. The minimum Gasteiger partial charge on any atom is -0.480 e. The van der Waals surface area contributed by atoms with Gasteiger partial charge in [-0.1, -0.05) is 12.8 Å². The number of unbranched alkanes of at least 4 members (excludes halogenated alkanes) is 4. The summed E-state index contributed by atoms with van der Waals surface area (Å²) in [7, 11) is 0. The van der Waals surface area contributed by atoms with E-state index >= 15 is 0 Å². The van der Waals surface area contributed by atoms with E-state index < -0.39 is 54.2 Å². The molecular weight excluding hydrogens is 839 g/mol. The lowest BCUT2D eigenvalue weighted by Gasteiger charge is -2.19. The van der Waals surface area contributed by atoms with Gasteiger partial charge in [0.15, 0.2) is 6.10 Å². The molecule has 352 valence electrons. The normalized spacial score (nSPS) is 12.3. The van der Waals surface area contributed by atoms with Crippen LogP contribution in [-0.2, 0) is 60.4 Å². The maximum Gasteiger partial charge on any atom is 0.416 e. The van der Waals surface area contributed by atoms with Crippen LogP contribution < -0.4 is 38.5 Å². The van der Waals surface area contributed by atoms with Gasteiger partial charge < -0.3 is 67.3 Å². The number of carbonyl (C=O) groups is 6. The molecule has 0 unspecified atom stereocenters. The number of hydrogen-bond acceptors (Lipinski definition) is 13. The molecular formula is C41H60F3N7O12. The van der Waals surface area contributed by atoms with Gasteiger partial charge in [0, 0.05) is 49.4 Å². The fourth-order valence-corrected chi connectivity index (χ4v) is 5.51. The number of halogens is 3. The number of carboxylic acids is 1. The number of nitrogens with two attached hydrogens (primary N) is 3. The van der Waals surface area contributed by atoms with Gasteiger partial charge in [-0.2, -0.15) is 13.2 Å². The first-order valence-corrected chi connectivity index (χ1v) is 20.5. The quantitative estimate of drug-likeness (QED) is 0.0467. The van der Waals surface area contributed by atoms with E-state index in [2.05, 4.69) is 21.3 Å². The molecule has 0 saturated heterocycles. The lowest BCUT2D eigenvalue weighted by Crippen LogP contribution is -2.50. The van der Waals surface area contributed by atoms with Crippen molar-refractivity contribution in [1.82, 2.24) is 10.6 Å². The number of nitrogens with one attached hydrogen (secondary N) is 4. The maximum atomic E-state index is 13.0. The minimum absolute atomic E-state index is 0.0770. The lowest BCUT2D eigenvalue weighted by molar-refractivity contribution is -0.148. The number of benzene rings is 2. The van der Waals surface area contributed by atoms with Crippen molar-refractivity contribution in [2.75, 3.05) is 83.1 Å². The van der Waals surface area contributed by atoms with E-state index in [1.54, 1.807) is 0 Å². The highest BCUT2D eigenvalue weighted by Gasteiger charge is 2.31. The Kier molecular flexibility index (Phi) is 26.3. The molecule has 2 aromatic carbocycles. The summed E-state index contributed by atoms with van der Waals surface area (Å²) >= 11 is 0. The highest BCUT2D eigenvalue weighted by molar-refractivity contribution is 6.04. The second-order valence-corrected chi connectivity index (χ2v) is 14.0. The summed E-state index contributed by atoms with van der Waals surface area (Å²) in [6.45, 7) is 3.73. The fourth-order valence-electron chi connectivity index (χ4n) is 5.51. The zero-order valence-corrected chi connectivity index (χ0v) is 35.1. The number of amides is 5. The van der Waals surface area contributed by atoms with Crippen LogP contribution in [0.4, 0.5) is 24.5 Å². The molecule has 0 aromatic heterocycles. The highest BCUT2D eigenvalue weighted by atomic mass is 19.4. The first-order chi connectivity index (χ1) is 30.1. The van der Waals surface area contributed by atoms with Gasteiger partial charge in [0.25, 0.3) is 5.91 Å².